The van der Waals surface area contributed by atoms with E-state index in [9.17, 15) is 4.79 Å². The average Bonchev–Trinajstić information content (AvgIpc) is 3.57. The van der Waals surface area contributed by atoms with Gasteiger partial charge in [-0.2, -0.15) is 5.10 Å². The largest absolute Gasteiger partial charge is 0.416 e. The molecule has 0 fully saturated rings. The predicted octanol–water partition coefficient (Wildman–Crippen LogP) is 5.47. The molecule has 5 aromatic rings. The molecule has 174 valence electrons. The molecule has 0 bridgehead atoms. The van der Waals surface area contributed by atoms with E-state index in [2.05, 4.69) is 25.6 Å². The molecule has 35 heavy (non-hydrogen) atoms. The predicted molar refractivity (Wildman–Crippen MR) is 132 cm³/mol. The maximum atomic E-state index is 13.1. The Hall–Kier alpha value is -4.01. The molecule has 2 heterocycles. The fourth-order valence-electron chi connectivity index (χ4n) is 3.56. The van der Waals surface area contributed by atoms with Gasteiger partial charge in [-0.3, -0.25) is 9.48 Å². The average molecular weight is 505 g/mol. The summed E-state index contributed by atoms with van der Waals surface area (Å²) in [5.74, 6) is 0.522. The molecule has 1 atom stereocenters. The first-order chi connectivity index (χ1) is 17.1. The number of amides is 1. The zero-order valence-electron chi connectivity index (χ0n) is 18.2. The summed E-state index contributed by atoms with van der Waals surface area (Å²) in [6, 6.07) is 21.1. The summed E-state index contributed by atoms with van der Waals surface area (Å²) in [6.07, 6.45) is 3.01. The fourth-order valence-corrected chi connectivity index (χ4v) is 4.10. The van der Waals surface area contributed by atoms with Crippen molar-refractivity contribution in [2.75, 3.05) is 0 Å². The molecule has 0 aliphatic rings. The minimum Gasteiger partial charge on any atom is -0.416 e. The van der Waals surface area contributed by atoms with Crippen LogP contribution in [0, 0.1) is 0 Å². The molecule has 1 amide bonds. The molecular weight excluding hydrogens is 487 g/mol. The van der Waals surface area contributed by atoms with Gasteiger partial charge in [0.25, 0.3) is 5.91 Å². The summed E-state index contributed by atoms with van der Waals surface area (Å²) in [5.41, 5.74) is 2.72. The van der Waals surface area contributed by atoms with Crippen LogP contribution in [0.2, 0.25) is 10.0 Å². The van der Waals surface area contributed by atoms with Crippen LogP contribution < -0.4 is 5.32 Å². The van der Waals surface area contributed by atoms with Crippen molar-refractivity contribution in [2.24, 2.45) is 0 Å². The summed E-state index contributed by atoms with van der Waals surface area (Å²) in [7, 11) is 0. The van der Waals surface area contributed by atoms with Gasteiger partial charge in [-0.15, -0.1) is 10.2 Å². The minimum absolute atomic E-state index is 0.275. The lowest BCUT2D eigenvalue weighted by Crippen LogP contribution is -2.31. The summed E-state index contributed by atoms with van der Waals surface area (Å²) in [4.78, 5) is 17.1. The van der Waals surface area contributed by atoms with E-state index >= 15 is 0 Å². The molecule has 3 aromatic carbocycles. The van der Waals surface area contributed by atoms with Crippen LogP contribution >= 0.6 is 23.2 Å². The van der Waals surface area contributed by atoms with Crippen molar-refractivity contribution in [3.8, 4) is 22.9 Å². The number of hydrogen-bond donors (Lipinski definition) is 1. The quantitative estimate of drug-likeness (QED) is 0.315. The normalized spacial score (nSPS) is 11.8. The highest BCUT2D eigenvalue weighted by molar-refractivity contribution is 6.35. The molecule has 0 radical (unpaired) electrons. The number of hydrogen-bond acceptors (Lipinski definition) is 6. The second kappa shape index (κ2) is 10.1. The lowest BCUT2D eigenvalue weighted by molar-refractivity contribution is 0.0932. The molecule has 1 N–H and O–H groups in total. The van der Waals surface area contributed by atoms with Gasteiger partial charge in [0.1, 0.15) is 12.7 Å². The van der Waals surface area contributed by atoms with Crippen molar-refractivity contribution in [3.05, 3.63) is 107 Å². The van der Waals surface area contributed by atoms with Crippen molar-refractivity contribution in [1.29, 1.82) is 0 Å². The summed E-state index contributed by atoms with van der Waals surface area (Å²) >= 11 is 12.5. The Kier molecular flexibility index (Phi) is 6.56. The highest BCUT2D eigenvalue weighted by Gasteiger charge is 2.20. The van der Waals surface area contributed by atoms with Crippen molar-refractivity contribution in [1.82, 2.24) is 30.3 Å². The van der Waals surface area contributed by atoms with Crippen LogP contribution in [0.4, 0.5) is 0 Å². The molecule has 0 spiro atoms. The molecule has 0 saturated carbocycles. The minimum atomic E-state index is -0.460. The number of benzene rings is 3. The monoisotopic (exact) mass is 504 g/mol. The van der Waals surface area contributed by atoms with Gasteiger partial charge < -0.3 is 9.73 Å². The standard InChI is InChI=1S/C25H18Cl2N6O2/c26-19-10-11-20(21(27)12-19)22(13-33-15-28-14-29-33)30-23(34)16-6-8-18(9-7-16)25-32-31-24(35-25)17-4-2-1-3-5-17/h1-12,14-15,22H,13H2,(H,30,34). The topological polar surface area (TPSA) is 98.7 Å². The number of halogens is 2. The Morgan fingerprint density at radius 2 is 1.66 bits per heavy atom. The maximum absolute atomic E-state index is 13.1. The Morgan fingerprint density at radius 1 is 0.943 bits per heavy atom. The van der Waals surface area contributed by atoms with Crippen molar-refractivity contribution < 1.29 is 9.21 Å². The van der Waals surface area contributed by atoms with Gasteiger partial charge in [-0.25, -0.2) is 4.98 Å². The van der Waals surface area contributed by atoms with Gasteiger partial charge in [0, 0.05) is 26.7 Å². The Bertz CT molecular complexity index is 1440. The SMILES string of the molecule is O=C(NC(Cn1cncn1)c1ccc(Cl)cc1Cl)c1ccc(-c2nnc(-c3ccccc3)o2)cc1. The highest BCUT2D eigenvalue weighted by Crippen LogP contribution is 2.28. The molecule has 0 aliphatic carbocycles. The number of carbonyl (C=O) groups excluding carboxylic acids is 1. The first-order valence-corrected chi connectivity index (χ1v) is 11.4. The molecule has 2 aromatic heterocycles. The van der Waals surface area contributed by atoms with Crippen LogP contribution in [0.5, 0.6) is 0 Å². The van der Waals surface area contributed by atoms with E-state index < -0.39 is 6.04 Å². The van der Waals surface area contributed by atoms with Crippen molar-refractivity contribution >= 4 is 29.1 Å². The van der Waals surface area contributed by atoms with E-state index in [1.165, 1.54) is 6.33 Å². The van der Waals surface area contributed by atoms with Crippen LogP contribution in [0.1, 0.15) is 22.0 Å². The van der Waals surface area contributed by atoms with E-state index in [4.69, 9.17) is 27.6 Å². The van der Waals surface area contributed by atoms with E-state index in [1.54, 1.807) is 53.5 Å². The number of aromatic nitrogens is 5. The Labute approximate surface area is 210 Å². The molecule has 0 saturated heterocycles. The van der Waals surface area contributed by atoms with Gasteiger partial charge in [0.2, 0.25) is 11.8 Å². The molecule has 1 unspecified atom stereocenters. The molecule has 8 nitrogen and oxygen atoms in total. The summed E-state index contributed by atoms with van der Waals surface area (Å²) in [5, 5.41) is 16.4. The number of nitrogens with one attached hydrogen (secondary N) is 1. The number of carbonyl (C=O) groups is 1. The Morgan fingerprint density at radius 3 is 2.31 bits per heavy atom. The highest BCUT2D eigenvalue weighted by atomic mass is 35.5. The van der Waals surface area contributed by atoms with Gasteiger partial charge in [-0.1, -0.05) is 47.5 Å². The maximum Gasteiger partial charge on any atom is 0.251 e. The van der Waals surface area contributed by atoms with E-state index in [0.717, 1.165) is 11.1 Å². The van der Waals surface area contributed by atoms with E-state index in [-0.39, 0.29) is 5.91 Å². The smallest absolute Gasteiger partial charge is 0.251 e. The van der Waals surface area contributed by atoms with Crippen LogP contribution in [0.3, 0.4) is 0 Å². The second-order valence-corrected chi connectivity index (χ2v) is 8.51. The fraction of sp³-hybridized carbons (Fsp3) is 0.0800. The van der Waals surface area contributed by atoms with Gasteiger partial charge >= 0.3 is 0 Å². The molecular formula is C25H18Cl2N6O2. The molecule has 10 heteroatoms. The third-order valence-corrected chi connectivity index (χ3v) is 5.88. The van der Waals surface area contributed by atoms with Gasteiger partial charge in [0.05, 0.1) is 12.6 Å². The zero-order chi connectivity index (χ0) is 24.2. The lowest BCUT2D eigenvalue weighted by atomic mass is 10.1. The second-order valence-electron chi connectivity index (χ2n) is 7.67. The lowest BCUT2D eigenvalue weighted by Gasteiger charge is -2.20. The van der Waals surface area contributed by atoms with Crippen LogP contribution in [-0.4, -0.2) is 30.9 Å². The van der Waals surface area contributed by atoms with Crippen LogP contribution in [-0.2, 0) is 6.54 Å². The molecule has 0 aliphatic heterocycles. The van der Waals surface area contributed by atoms with Gasteiger partial charge in [0.15, 0.2) is 0 Å². The van der Waals surface area contributed by atoms with E-state index in [0.29, 0.717) is 39.5 Å². The van der Waals surface area contributed by atoms with Crippen LogP contribution in [0.15, 0.2) is 89.9 Å². The van der Waals surface area contributed by atoms with Crippen molar-refractivity contribution in [2.45, 2.75) is 12.6 Å². The zero-order valence-corrected chi connectivity index (χ0v) is 19.7. The molecule has 5 rings (SSSR count). The number of rotatable bonds is 7. The number of nitrogens with zero attached hydrogens (tertiary/aromatic N) is 5. The van der Waals surface area contributed by atoms with Crippen molar-refractivity contribution in [3.63, 3.8) is 0 Å². The van der Waals surface area contributed by atoms with E-state index in [1.807, 2.05) is 30.3 Å². The van der Waals surface area contributed by atoms with Crippen LogP contribution in [0.25, 0.3) is 22.9 Å². The summed E-state index contributed by atoms with van der Waals surface area (Å²) < 4.78 is 7.42. The Balaban J connectivity index is 1.34. The van der Waals surface area contributed by atoms with Gasteiger partial charge in [-0.05, 0) is 54.1 Å². The first kappa shape index (κ1) is 22.8. The first-order valence-electron chi connectivity index (χ1n) is 10.6. The third kappa shape index (κ3) is 5.24. The summed E-state index contributed by atoms with van der Waals surface area (Å²) in [6.45, 7) is 0.343. The third-order valence-electron chi connectivity index (χ3n) is 5.32.